The van der Waals surface area contributed by atoms with Crippen LogP contribution in [0, 0.1) is 6.92 Å². The Morgan fingerprint density at radius 2 is 1.84 bits per heavy atom. The number of sulfone groups is 1. The number of benzene rings is 2. The van der Waals surface area contributed by atoms with Gasteiger partial charge >= 0.3 is 6.01 Å². The molecule has 3 aromatic rings. The van der Waals surface area contributed by atoms with Gasteiger partial charge in [-0.25, -0.2) is 8.42 Å². The van der Waals surface area contributed by atoms with Crippen LogP contribution in [0.1, 0.15) is 30.2 Å². The third-order valence-electron chi connectivity index (χ3n) is 5.21. The molecule has 32 heavy (non-hydrogen) atoms. The SMILES string of the molecule is Cc1ccc(S(=O)(=O)CCC(=O)Nc2nnc(C3CC(=O)N(c4ccccc4)C3)o2)cc1. The van der Waals surface area contributed by atoms with Crippen LogP contribution in [0.4, 0.5) is 11.7 Å². The number of nitrogens with zero attached hydrogens (tertiary/aromatic N) is 3. The number of hydrogen-bond donors (Lipinski definition) is 1. The zero-order chi connectivity index (χ0) is 22.7. The van der Waals surface area contributed by atoms with Gasteiger partial charge in [0, 0.05) is 25.1 Å². The van der Waals surface area contributed by atoms with Crippen LogP contribution in [-0.2, 0) is 19.4 Å². The first-order valence-corrected chi connectivity index (χ1v) is 11.7. The van der Waals surface area contributed by atoms with Crippen molar-refractivity contribution in [1.29, 1.82) is 0 Å². The number of para-hydroxylation sites is 1. The fourth-order valence-corrected chi connectivity index (χ4v) is 4.69. The summed E-state index contributed by atoms with van der Waals surface area (Å²) in [4.78, 5) is 26.4. The van der Waals surface area contributed by atoms with E-state index in [0.717, 1.165) is 11.3 Å². The predicted molar refractivity (Wildman–Crippen MR) is 117 cm³/mol. The molecule has 0 radical (unpaired) electrons. The first-order chi connectivity index (χ1) is 15.3. The average molecular weight is 455 g/mol. The number of aryl methyl sites for hydroxylation is 1. The Hall–Kier alpha value is -3.53. The van der Waals surface area contributed by atoms with E-state index in [1.54, 1.807) is 17.0 Å². The van der Waals surface area contributed by atoms with Crippen LogP contribution < -0.4 is 10.2 Å². The Morgan fingerprint density at radius 1 is 1.12 bits per heavy atom. The van der Waals surface area contributed by atoms with Gasteiger partial charge in [0.2, 0.25) is 17.7 Å². The van der Waals surface area contributed by atoms with Crippen molar-refractivity contribution in [2.45, 2.75) is 30.6 Å². The van der Waals surface area contributed by atoms with Gasteiger partial charge in [-0.3, -0.25) is 14.9 Å². The number of rotatable bonds is 7. The van der Waals surface area contributed by atoms with E-state index in [0.29, 0.717) is 6.54 Å². The van der Waals surface area contributed by atoms with Crippen LogP contribution in [0.2, 0.25) is 0 Å². The number of carbonyl (C=O) groups excluding carboxylic acids is 2. The van der Waals surface area contributed by atoms with Gasteiger partial charge in [-0.05, 0) is 31.2 Å². The molecule has 10 heteroatoms. The van der Waals surface area contributed by atoms with Gasteiger partial charge in [-0.15, -0.1) is 5.10 Å². The summed E-state index contributed by atoms with van der Waals surface area (Å²) in [6, 6.07) is 15.6. The Labute approximate surface area is 185 Å². The van der Waals surface area contributed by atoms with Crippen molar-refractivity contribution in [3.63, 3.8) is 0 Å². The minimum Gasteiger partial charge on any atom is -0.407 e. The van der Waals surface area contributed by atoms with E-state index in [9.17, 15) is 18.0 Å². The standard InChI is InChI=1S/C22H22N4O5S/c1-15-7-9-18(10-8-15)32(29,30)12-11-19(27)23-22-25-24-21(31-22)16-13-20(28)26(14-16)17-5-3-2-4-6-17/h2-10,16H,11-14H2,1H3,(H,23,25,27). The lowest BCUT2D eigenvalue weighted by Crippen LogP contribution is -2.24. The second kappa shape index (κ2) is 8.91. The van der Waals surface area contributed by atoms with Gasteiger partial charge in [-0.1, -0.05) is 41.0 Å². The summed E-state index contributed by atoms with van der Waals surface area (Å²) in [5.41, 5.74) is 1.74. The number of amides is 2. The second-order valence-corrected chi connectivity index (χ2v) is 9.73. The number of nitrogens with one attached hydrogen (secondary N) is 1. The zero-order valence-corrected chi connectivity index (χ0v) is 18.2. The summed E-state index contributed by atoms with van der Waals surface area (Å²) in [7, 11) is -3.58. The molecule has 9 nitrogen and oxygen atoms in total. The monoisotopic (exact) mass is 454 g/mol. The molecule has 1 N–H and O–H groups in total. The predicted octanol–water partition coefficient (Wildman–Crippen LogP) is 2.70. The van der Waals surface area contributed by atoms with Crippen molar-refractivity contribution >= 4 is 33.4 Å². The van der Waals surface area contributed by atoms with E-state index in [-0.39, 0.29) is 47.2 Å². The third kappa shape index (κ3) is 4.86. The molecule has 0 bridgehead atoms. The van der Waals surface area contributed by atoms with Gasteiger partial charge in [0.1, 0.15) is 0 Å². The highest BCUT2D eigenvalue weighted by Gasteiger charge is 2.35. The molecule has 1 aliphatic heterocycles. The molecular weight excluding hydrogens is 432 g/mol. The fraction of sp³-hybridized carbons (Fsp3) is 0.273. The molecule has 2 heterocycles. The zero-order valence-electron chi connectivity index (χ0n) is 17.4. The maximum atomic E-state index is 12.4. The maximum absolute atomic E-state index is 12.4. The number of carbonyl (C=O) groups is 2. The molecule has 1 aromatic heterocycles. The molecule has 1 saturated heterocycles. The summed E-state index contributed by atoms with van der Waals surface area (Å²) in [5, 5.41) is 10.2. The quantitative estimate of drug-likeness (QED) is 0.582. The largest absolute Gasteiger partial charge is 0.407 e. The van der Waals surface area contributed by atoms with Crippen LogP contribution in [0.3, 0.4) is 0 Å². The number of anilines is 2. The first-order valence-electron chi connectivity index (χ1n) is 10.1. The second-order valence-electron chi connectivity index (χ2n) is 7.62. The molecule has 4 rings (SSSR count). The van der Waals surface area contributed by atoms with Crippen LogP contribution >= 0.6 is 0 Å². The topological polar surface area (TPSA) is 122 Å². The van der Waals surface area contributed by atoms with E-state index >= 15 is 0 Å². The lowest BCUT2D eigenvalue weighted by Gasteiger charge is -2.15. The summed E-state index contributed by atoms with van der Waals surface area (Å²) in [6.45, 7) is 2.26. The van der Waals surface area contributed by atoms with Crippen molar-refractivity contribution in [3.8, 4) is 0 Å². The van der Waals surface area contributed by atoms with Crippen molar-refractivity contribution in [3.05, 3.63) is 66.1 Å². The smallest absolute Gasteiger partial charge is 0.322 e. The highest BCUT2D eigenvalue weighted by Crippen LogP contribution is 2.31. The van der Waals surface area contributed by atoms with Crippen molar-refractivity contribution in [2.24, 2.45) is 0 Å². The molecule has 1 atom stereocenters. The molecule has 166 valence electrons. The summed E-state index contributed by atoms with van der Waals surface area (Å²) < 4.78 is 30.3. The summed E-state index contributed by atoms with van der Waals surface area (Å²) in [5.74, 6) is -0.982. The van der Waals surface area contributed by atoms with Gasteiger partial charge in [0.25, 0.3) is 0 Å². The molecule has 0 saturated carbocycles. The van der Waals surface area contributed by atoms with E-state index in [1.807, 2.05) is 37.3 Å². The maximum Gasteiger partial charge on any atom is 0.322 e. The minimum absolute atomic E-state index is 0.0497. The van der Waals surface area contributed by atoms with Gasteiger partial charge in [0.15, 0.2) is 9.84 Å². The molecule has 1 unspecified atom stereocenters. The van der Waals surface area contributed by atoms with Gasteiger partial charge < -0.3 is 9.32 Å². The number of aromatic nitrogens is 2. The minimum atomic E-state index is -3.58. The van der Waals surface area contributed by atoms with Crippen molar-refractivity contribution in [1.82, 2.24) is 10.2 Å². The average Bonchev–Trinajstić information content (AvgIpc) is 3.40. The fourth-order valence-electron chi connectivity index (χ4n) is 3.45. The van der Waals surface area contributed by atoms with Crippen LogP contribution in [-0.4, -0.2) is 42.7 Å². The lowest BCUT2D eigenvalue weighted by atomic mass is 10.1. The highest BCUT2D eigenvalue weighted by atomic mass is 32.2. The molecule has 1 fully saturated rings. The molecule has 1 aliphatic rings. The molecular formula is C22H22N4O5S. The van der Waals surface area contributed by atoms with E-state index in [2.05, 4.69) is 15.5 Å². The Morgan fingerprint density at radius 3 is 2.56 bits per heavy atom. The van der Waals surface area contributed by atoms with Crippen molar-refractivity contribution < 1.29 is 22.4 Å². The molecule has 0 aliphatic carbocycles. The van der Waals surface area contributed by atoms with Crippen LogP contribution in [0.5, 0.6) is 0 Å². The van der Waals surface area contributed by atoms with Gasteiger partial charge in [-0.2, -0.15) is 0 Å². The molecule has 2 amide bonds. The van der Waals surface area contributed by atoms with Crippen LogP contribution in [0.25, 0.3) is 0 Å². The summed E-state index contributed by atoms with van der Waals surface area (Å²) >= 11 is 0. The normalized spacial score (nSPS) is 16.3. The van der Waals surface area contributed by atoms with E-state index in [1.165, 1.54) is 12.1 Å². The first kappa shape index (κ1) is 21.7. The Balaban J connectivity index is 1.34. The lowest BCUT2D eigenvalue weighted by molar-refractivity contribution is -0.117. The van der Waals surface area contributed by atoms with E-state index in [4.69, 9.17) is 4.42 Å². The van der Waals surface area contributed by atoms with E-state index < -0.39 is 15.7 Å². The summed E-state index contributed by atoms with van der Waals surface area (Å²) in [6.07, 6.45) is -0.0309. The van der Waals surface area contributed by atoms with Crippen molar-refractivity contribution in [2.75, 3.05) is 22.5 Å². The van der Waals surface area contributed by atoms with Crippen LogP contribution in [0.15, 0.2) is 63.9 Å². The third-order valence-corrected chi connectivity index (χ3v) is 6.94. The Kier molecular flexibility index (Phi) is 6.04. The number of hydrogen-bond acceptors (Lipinski definition) is 7. The molecule has 2 aromatic carbocycles. The Bertz CT molecular complexity index is 1220. The van der Waals surface area contributed by atoms with Gasteiger partial charge in [0.05, 0.1) is 16.6 Å². The highest BCUT2D eigenvalue weighted by molar-refractivity contribution is 7.91. The molecule has 0 spiro atoms.